The fourth-order valence-electron chi connectivity index (χ4n) is 0.889. The molecule has 0 amide bonds. The van der Waals surface area contributed by atoms with Crippen molar-refractivity contribution in [2.75, 3.05) is 0 Å². The average Bonchev–Trinajstić information content (AvgIpc) is 2.34. The summed E-state index contributed by atoms with van der Waals surface area (Å²) in [6.45, 7) is 8.77. The van der Waals surface area contributed by atoms with Crippen molar-refractivity contribution >= 4 is 0 Å². The molecule has 1 aromatic heterocycles. The molecule has 1 aromatic rings. The molecule has 0 bridgehead atoms. The van der Waals surface area contributed by atoms with Crippen LogP contribution in [0.25, 0.3) is 0 Å². The molecular formula is C9H15NO. The van der Waals surface area contributed by atoms with Crippen molar-refractivity contribution in [3.8, 4) is 0 Å². The summed E-state index contributed by atoms with van der Waals surface area (Å²) in [6.07, 6.45) is 1.62. The van der Waals surface area contributed by atoms with Crippen molar-refractivity contribution in [2.24, 2.45) is 5.41 Å². The van der Waals surface area contributed by atoms with Gasteiger partial charge in [-0.1, -0.05) is 32.9 Å². The molecule has 0 fully saturated rings. The molecule has 0 saturated heterocycles. The minimum Gasteiger partial charge on any atom is -0.365 e. The number of nitrogens with zero attached hydrogens (tertiary/aromatic N) is 1. The maximum absolute atomic E-state index is 4.78. The van der Waals surface area contributed by atoms with Crippen molar-refractivity contribution in [1.29, 1.82) is 0 Å². The molecule has 0 radical (unpaired) electrons. The average molecular weight is 153 g/mol. The molecule has 0 saturated carbocycles. The normalized spacial score (nSPS) is 14.9. The minimum absolute atomic E-state index is 0.261. The lowest BCUT2D eigenvalue weighted by atomic mass is 9.80. The molecule has 0 aliphatic carbocycles. The topological polar surface area (TPSA) is 26.0 Å². The van der Waals surface area contributed by atoms with Gasteiger partial charge in [-0.25, -0.2) is 0 Å². The molecule has 2 nitrogen and oxygen atoms in total. The second kappa shape index (κ2) is 2.68. The monoisotopic (exact) mass is 153 g/mol. The molecule has 1 rings (SSSR count). The lowest BCUT2D eigenvalue weighted by Gasteiger charge is -2.24. The Kier molecular flexibility index (Phi) is 2.03. The molecule has 1 atom stereocenters. The summed E-state index contributed by atoms with van der Waals surface area (Å²) < 4.78 is 4.78. The van der Waals surface area contributed by atoms with Crippen LogP contribution in [-0.4, -0.2) is 5.16 Å². The van der Waals surface area contributed by atoms with Crippen LogP contribution >= 0.6 is 0 Å². The molecule has 0 aliphatic heterocycles. The molecule has 2 heteroatoms. The van der Waals surface area contributed by atoms with Gasteiger partial charge < -0.3 is 4.52 Å². The van der Waals surface area contributed by atoms with Crippen LogP contribution in [0.15, 0.2) is 16.9 Å². The Morgan fingerprint density at radius 1 is 1.45 bits per heavy atom. The van der Waals surface area contributed by atoms with E-state index in [1.807, 2.05) is 6.07 Å². The van der Waals surface area contributed by atoms with E-state index in [9.17, 15) is 0 Å². The number of aromatic nitrogens is 1. The molecule has 62 valence electrons. The van der Waals surface area contributed by atoms with Gasteiger partial charge in [-0.15, -0.1) is 0 Å². The molecule has 11 heavy (non-hydrogen) atoms. The highest BCUT2D eigenvalue weighted by Crippen LogP contribution is 2.32. The Hall–Kier alpha value is -0.790. The number of hydrogen-bond acceptors (Lipinski definition) is 2. The van der Waals surface area contributed by atoms with E-state index in [1.165, 1.54) is 0 Å². The Balaban J connectivity index is 2.78. The van der Waals surface area contributed by atoms with Crippen LogP contribution in [0, 0.1) is 5.41 Å². The number of rotatable bonds is 1. The molecule has 1 heterocycles. The summed E-state index contributed by atoms with van der Waals surface area (Å²) >= 11 is 0. The summed E-state index contributed by atoms with van der Waals surface area (Å²) in [5.74, 6) is 0.446. The van der Waals surface area contributed by atoms with Crippen molar-refractivity contribution in [3.63, 3.8) is 0 Å². The van der Waals surface area contributed by atoms with Crippen molar-refractivity contribution in [1.82, 2.24) is 5.16 Å². The first-order valence-electron chi connectivity index (χ1n) is 3.92. The zero-order valence-corrected chi connectivity index (χ0v) is 7.59. The Morgan fingerprint density at radius 2 is 2.09 bits per heavy atom. The zero-order valence-electron chi connectivity index (χ0n) is 7.59. The van der Waals surface area contributed by atoms with E-state index in [1.54, 1.807) is 6.26 Å². The summed E-state index contributed by atoms with van der Waals surface area (Å²) in [5.41, 5.74) is 1.30. The predicted molar refractivity (Wildman–Crippen MR) is 44.4 cm³/mol. The third kappa shape index (κ3) is 1.82. The summed E-state index contributed by atoms with van der Waals surface area (Å²) in [5, 5.41) is 3.91. The van der Waals surface area contributed by atoms with Crippen LogP contribution in [0.1, 0.15) is 39.3 Å². The van der Waals surface area contributed by atoms with Gasteiger partial charge in [-0.05, 0) is 5.41 Å². The summed E-state index contributed by atoms with van der Waals surface area (Å²) in [7, 11) is 0. The van der Waals surface area contributed by atoms with E-state index >= 15 is 0 Å². The summed E-state index contributed by atoms with van der Waals surface area (Å²) in [6, 6.07) is 1.93. The van der Waals surface area contributed by atoms with Crippen molar-refractivity contribution in [2.45, 2.75) is 33.6 Å². The maximum Gasteiger partial charge on any atom is 0.124 e. The third-order valence-corrected chi connectivity index (χ3v) is 2.20. The van der Waals surface area contributed by atoms with Gasteiger partial charge in [0.1, 0.15) is 6.26 Å². The molecule has 1 unspecified atom stereocenters. The second-order valence-corrected chi connectivity index (χ2v) is 4.01. The molecule has 0 spiro atoms. The van der Waals surface area contributed by atoms with E-state index < -0.39 is 0 Å². The quantitative estimate of drug-likeness (QED) is 0.620. The largest absolute Gasteiger partial charge is 0.365 e. The minimum atomic E-state index is 0.261. The highest BCUT2D eigenvalue weighted by molar-refractivity contribution is 5.05. The van der Waals surface area contributed by atoms with Gasteiger partial charge in [0.2, 0.25) is 0 Å². The van der Waals surface area contributed by atoms with Gasteiger partial charge in [-0.2, -0.15) is 0 Å². The van der Waals surface area contributed by atoms with Crippen molar-refractivity contribution in [3.05, 3.63) is 18.0 Å². The van der Waals surface area contributed by atoms with Gasteiger partial charge >= 0.3 is 0 Å². The van der Waals surface area contributed by atoms with E-state index in [0.717, 1.165) is 5.69 Å². The Labute approximate surface area is 67.6 Å². The zero-order chi connectivity index (χ0) is 8.48. The maximum atomic E-state index is 4.78. The molecular weight excluding hydrogens is 138 g/mol. The van der Waals surface area contributed by atoms with E-state index in [0.29, 0.717) is 5.92 Å². The standard InChI is InChI=1S/C9H15NO/c1-7(9(2,3)4)8-5-6-11-10-8/h5-7H,1-4H3. The van der Waals surface area contributed by atoms with Crippen LogP contribution in [0.2, 0.25) is 0 Å². The summed E-state index contributed by atoms with van der Waals surface area (Å²) in [4.78, 5) is 0. The SMILES string of the molecule is CC(c1ccon1)C(C)(C)C. The Morgan fingerprint density at radius 3 is 2.45 bits per heavy atom. The van der Waals surface area contributed by atoms with Gasteiger partial charge in [0, 0.05) is 12.0 Å². The van der Waals surface area contributed by atoms with Crippen LogP contribution in [-0.2, 0) is 0 Å². The number of hydrogen-bond donors (Lipinski definition) is 0. The lowest BCUT2D eigenvalue weighted by Crippen LogP contribution is -2.15. The fraction of sp³-hybridized carbons (Fsp3) is 0.667. The van der Waals surface area contributed by atoms with E-state index in [2.05, 4.69) is 32.9 Å². The Bertz CT molecular complexity index is 208. The first-order valence-corrected chi connectivity index (χ1v) is 3.92. The molecule has 0 aliphatic rings. The van der Waals surface area contributed by atoms with Crippen LogP contribution < -0.4 is 0 Å². The van der Waals surface area contributed by atoms with Crippen LogP contribution in [0.3, 0.4) is 0 Å². The van der Waals surface area contributed by atoms with Crippen LogP contribution in [0.4, 0.5) is 0 Å². The van der Waals surface area contributed by atoms with Gasteiger partial charge in [-0.3, -0.25) is 0 Å². The smallest absolute Gasteiger partial charge is 0.124 e. The fourth-order valence-corrected chi connectivity index (χ4v) is 0.889. The van der Waals surface area contributed by atoms with Gasteiger partial charge in [0.05, 0.1) is 5.69 Å². The lowest BCUT2D eigenvalue weighted by molar-refractivity contribution is 0.316. The predicted octanol–water partition coefficient (Wildman–Crippen LogP) is 2.82. The van der Waals surface area contributed by atoms with E-state index in [4.69, 9.17) is 4.52 Å². The first kappa shape index (κ1) is 8.31. The van der Waals surface area contributed by atoms with Gasteiger partial charge in [0.15, 0.2) is 0 Å². The third-order valence-electron chi connectivity index (χ3n) is 2.20. The molecule has 0 N–H and O–H groups in total. The first-order chi connectivity index (χ1) is 5.02. The highest BCUT2D eigenvalue weighted by Gasteiger charge is 2.23. The second-order valence-electron chi connectivity index (χ2n) is 4.01. The van der Waals surface area contributed by atoms with Crippen molar-refractivity contribution < 1.29 is 4.52 Å². The molecule has 0 aromatic carbocycles. The van der Waals surface area contributed by atoms with Crippen LogP contribution in [0.5, 0.6) is 0 Å². The highest BCUT2D eigenvalue weighted by atomic mass is 16.5. The van der Waals surface area contributed by atoms with Gasteiger partial charge in [0.25, 0.3) is 0 Å². The van der Waals surface area contributed by atoms with E-state index in [-0.39, 0.29) is 5.41 Å².